The summed E-state index contributed by atoms with van der Waals surface area (Å²) < 4.78 is 10.8. The van der Waals surface area contributed by atoms with Gasteiger partial charge in [-0.15, -0.1) is 0 Å². The maximum atomic E-state index is 5.46. The van der Waals surface area contributed by atoms with E-state index in [4.69, 9.17) is 9.47 Å². The number of hydrogen-bond donors (Lipinski definition) is 1. The van der Waals surface area contributed by atoms with E-state index in [-0.39, 0.29) is 0 Å². The lowest BCUT2D eigenvalue weighted by molar-refractivity contribution is 0.396. The lowest BCUT2D eigenvalue weighted by Crippen LogP contribution is -2.17. The van der Waals surface area contributed by atoms with Crippen LogP contribution in [-0.2, 0) is 13.0 Å². The van der Waals surface area contributed by atoms with Crippen LogP contribution in [0.1, 0.15) is 16.7 Å². The second kappa shape index (κ2) is 7.70. The fourth-order valence-corrected chi connectivity index (χ4v) is 2.36. The molecule has 0 amide bonds. The van der Waals surface area contributed by atoms with Crippen LogP contribution >= 0.6 is 0 Å². The molecule has 0 saturated carbocycles. The van der Waals surface area contributed by atoms with Gasteiger partial charge in [-0.25, -0.2) is 0 Å². The van der Waals surface area contributed by atoms with E-state index < -0.39 is 0 Å². The Labute approximate surface area is 126 Å². The Balaban J connectivity index is 1.93. The molecule has 0 bridgehead atoms. The minimum Gasteiger partial charge on any atom is -0.496 e. The molecule has 0 aliphatic rings. The Morgan fingerprint density at radius 3 is 2.33 bits per heavy atom. The third-order valence-corrected chi connectivity index (χ3v) is 3.54. The highest BCUT2D eigenvalue weighted by Gasteiger charge is 2.08. The smallest absolute Gasteiger partial charge is 0.122 e. The SMILES string of the molecule is COc1cc(CCNCc2ccccc2)c(OC)cc1C. The lowest BCUT2D eigenvalue weighted by Gasteiger charge is -2.13. The zero-order valence-electron chi connectivity index (χ0n) is 13.0. The maximum Gasteiger partial charge on any atom is 0.122 e. The number of aryl methyl sites for hydroxylation is 1. The van der Waals surface area contributed by atoms with E-state index >= 15 is 0 Å². The molecule has 0 aromatic heterocycles. The van der Waals surface area contributed by atoms with Gasteiger partial charge >= 0.3 is 0 Å². The van der Waals surface area contributed by atoms with Crippen molar-refractivity contribution in [3.05, 3.63) is 59.2 Å². The van der Waals surface area contributed by atoms with Gasteiger partial charge in [0.2, 0.25) is 0 Å². The molecule has 2 rings (SSSR count). The quantitative estimate of drug-likeness (QED) is 0.791. The van der Waals surface area contributed by atoms with Crippen molar-refractivity contribution in [3.8, 4) is 11.5 Å². The molecule has 0 unspecified atom stereocenters. The Hall–Kier alpha value is -2.00. The summed E-state index contributed by atoms with van der Waals surface area (Å²) in [7, 11) is 3.41. The van der Waals surface area contributed by atoms with Crippen molar-refractivity contribution in [1.82, 2.24) is 5.32 Å². The van der Waals surface area contributed by atoms with Crippen LogP contribution in [-0.4, -0.2) is 20.8 Å². The number of benzene rings is 2. The normalized spacial score (nSPS) is 10.4. The van der Waals surface area contributed by atoms with Gasteiger partial charge in [-0.3, -0.25) is 0 Å². The minimum atomic E-state index is 0.881. The maximum absolute atomic E-state index is 5.46. The topological polar surface area (TPSA) is 30.5 Å². The first-order chi connectivity index (χ1) is 10.2. The second-order valence-corrected chi connectivity index (χ2v) is 5.05. The highest BCUT2D eigenvalue weighted by Crippen LogP contribution is 2.28. The monoisotopic (exact) mass is 285 g/mol. The van der Waals surface area contributed by atoms with E-state index in [0.717, 1.165) is 36.6 Å². The van der Waals surface area contributed by atoms with E-state index in [1.165, 1.54) is 11.1 Å². The summed E-state index contributed by atoms with van der Waals surface area (Å²) >= 11 is 0. The van der Waals surface area contributed by atoms with Crippen molar-refractivity contribution in [3.63, 3.8) is 0 Å². The Morgan fingerprint density at radius 2 is 1.67 bits per heavy atom. The van der Waals surface area contributed by atoms with Crippen molar-refractivity contribution in [2.45, 2.75) is 19.9 Å². The van der Waals surface area contributed by atoms with Gasteiger partial charge in [0.15, 0.2) is 0 Å². The average Bonchev–Trinajstić information content (AvgIpc) is 2.53. The summed E-state index contributed by atoms with van der Waals surface area (Å²) in [4.78, 5) is 0. The molecular weight excluding hydrogens is 262 g/mol. The fraction of sp³-hybridized carbons (Fsp3) is 0.333. The summed E-state index contributed by atoms with van der Waals surface area (Å²) in [5.74, 6) is 1.84. The van der Waals surface area contributed by atoms with Gasteiger partial charge in [-0.1, -0.05) is 30.3 Å². The lowest BCUT2D eigenvalue weighted by atomic mass is 10.1. The standard InChI is InChI=1S/C18H23NO2/c1-14-11-18(21-3)16(12-17(14)20-2)9-10-19-13-15-7-5-4-6-8-15/h4-8,11-12,19H,9-10,13H2,1-3H3. The fourth-order valence-electron chi connectivity index (χ4n) is 2.36. The summed E-state index contributed by atoms with van der Waals surface area (Å²) in [6.45, 7) is 3.81. The van der Waals surface area contributed by atoms with E-state index in [1.54, 1.807) is 14.2 Å². The second-order valence-electron chi connectivity index (χ2n) is 5.05. The van der Waals surface area contributed by atoms with Gasteiger partial charge in [0, 0.05) is 6.54 Å². The molecule has 112 valence electrons. The Kier molecular flexibility index (Phi) is 5.64. The number of nitrogens with one attached hydrogen (secondary N) is 1. The van der Waals surface area contributed by atoms with Gasteiger partial charge in [0.25, 0.3) is 0 Å². The van der Waals surface area contributed by atoms with E-state index in [0.29, 0.717) is 0 Å². The van der Waals surface area contributed by atoms with Gasteiger partial charge < -0.3 is 14.8 Å². The van der Waals surface area contributed by atoms with Crippen LogP contribution < -0.4 is 14.8 Å². The van der Waals surface area contributed by atoms with E-state index in [9.17, 15) is 0 Å². The van der Waals surface area contributed by atoms with Gasteiger partial charge in [-0.05, 0) is 48.7 Å². The number of methoxy groups -OCH3 is 2. The molecule has 3 nitrogen and oxygen atoms in total. The van der Waals surface area contributed by atoms with Crippen molar-refractivity contribution in [1.29, 1.82) is 0 Å². The highest BCUT2D eigenvalue weighted by atomic mass is 16.5. The third-order valence-electron chi connectivity index (χ3n) is 3.54. The van der Waals surface area contributed by atoms with Crippen LogP contribution in [0.25, 0.3) is 0 Å². The highest BCUT2D eigenvalue weighted by molar-refractivity contribution is 5.46. The first kappa shape index (κ1) is 15.4. The van der Waals surface area contributed by atoms with Crippen LogP contribution in [0.2, 0.25) is 0 Å². The Bertz CT molecular complexity index is 567. The zero-order valence-corrected chi connectivity index (χ0v) is 13.0. The molecule has 21 heavy (non-hydrogen) atoms. The molecule has 3 heteroatoms. The van der Waals surface area contributed by atoms with Gasteiger partial charge in [0.1, 0.15) is 11.5 Å². The van der Waals surface area contributed by atoms with Crippen molar-refractivity contribution in [2.24, 2.45) is 0 Å². The van der Waals surface area contributed by atoms with Crippen molar-refractivity contribution >= 4 is 0 Å². The van der Waals surface area contributed by atoms with E-state index in [1.807, 2.05) is 19.1 Å². The molecule has 0 heterocycles. The predicted molar refractivity (Wildman–Crippen MR) is 86.1 cm³/mol. The summed E-state index contributed by atoms with van der Waals surface area (Å²) in [5.41, 5.74) is 3.56. The van der Waals surface area contributed by atoms with Crippen LogP contribution in [0.15, 0.2) is 42.5 Å². The van der Waals surface area contributed by atoms with Crippen molar-refractivity contribution in [2.75, 3.05) is 20.8 Å². The molecule has 0 fully saturated rings. The van der Waals surface area contributed by atoms with Gasteiger partial charge in [0.05, 0.1) is 14.2 Å². The molecule has 0 aliphatic carbocycles. The molecule has 0 radical (unpaired) electrons. The number of rotatable bonds is 7. The molecule has 2 aromatic carbocycles. The summed E-state index contributed by atoms with van der Waals surface area (Å²) in [6.07, 6.45) is 0.909. The summed E-state index contributed by atoms with van der Waals surface area (Å²) in [6, 6.07) is 14.5. The third kappa shape index (κ3) is 4.23. The number of ether oxygens (including phenoxy) is 2. The Morgan fingerprint density at radius 1 is 0.952 bits per heavy atom. The minimum absolute atomic E-state index is 0.881. The molecule has 2 aromatic rings. The zero-order chi connectivity index (χ0) is 15.1. The van der Waals surface area contributed by atoms with Crippen LogP contribution in [0.5, 0.6) is 11.5 Å². The first-order valence-electron chi connectivity index (χ1n) is 7.20. The van der Waals surface area contributed by atoms with Crippen molar-refractivity contribution < 1.29 is 9.47 Å². The molecule has 0 atom stereocenters. The number of hydrogen-bond acceptors (Lipinski definition) is 3. The van der Waals surface area contributed by atoms with E-state index in [2.05, 4.69) is 35.6 Å². The largest absolute Gasteiger partial charge is 0.496 e. The summed E-state index contributed by atoms with van der Waals surface area (Å²) in [5, 5.41) is 3.46. The molecule has 0 aliphatic heterocycles. The predicted octanol–water partition coefficient (Wildman–Crippen LogP) is 3.34. The van der Waals surface area contributed by atoms with Crippen LogP contribution in [0.3, 0.4) is 0 Å². The molecule has 1 N–H and O–H groups in total. The first-order valence-corrected chi connectivity index (χ1v) is 7.20. The average molecular weight is 285 g/mol. The van der Waals surface area contributed by atoms with Crippen LogP contribution in [0, 0.1) is 6.92 Å². The molecular formula is C18H23NO2. The molecule has 0 saturated heterocycles. The molecule has 0 spiro atoms. The van der Waals surface area contributed by atoms with Crippen LogP contribution in [0.4, 0.5) is 0 Å². The van der Waals surface area contributed by atoms with Gasteiger partial charge in [-0.2, -0.15) is 0 Å².